The van der Waals surface area contributed by atoms with E-state index in [4.69, 9.17) is 18.9 Å². The lowest BCUT2D eigenvalue weighted by molar-refractivity contribution is -0.276. The Bertz CT molecular complexity index is 767. The third-order valence-corrected chi connectivity index (χ3v) is 11.4. The molecule has 0 amide bonds. The van der Waals surface area contributed by atoms with E-state index in [1.807, 2.05) is 21.3 Å². The van der Waals surface area contributed by atoms with Crippen LogP contribution in [0.15, 0.2) is 0 Å². The van der Waals surface area contributed by atoms with Crippen LogP contribution in [0.1, 0.15) is 32.6 Å². The lowest BCUT2D eigenvalue weighted by atomic mass is 9.43. The molecule has 0 aromatic rings. The van der Waals surface area contributed by atoms with Crippen molar-refractivity contribution in [2.45, 2.75) is 68.7 Å². The Balaban J connectivity index is 1.63. The second kappa shape index (κ2) is 7.12. The van der Waals surface area contributed by atoms with Crippen molar-refractivity contribution in [1.82, 2.24) is 4.90 Å². The molecule has 1 heterocycles. The van der Waals surface area contributed by atoms with Gasteiger partial charge in [0.05, 0.1) is 36.6 Å². The molecule has 7 heteroatoms. The SMILES string of the molecule is CCN1CC2(COC)CCC(OC)C34C5CC6C(OC)CC(O)(C5C6O)C(C(OC)C23)C14. The van der Waals surface area contributed by atoms with Crippen LogP contribution in [0.25, 0.3) is 0 Å². The van der Waals surface area contributed by atoms with Crippen LogP contribution < -0.4 is 0 Å². The number of nitrogens with zero attached hydrogens (tertiary/aromatic N) is 1. The summed E-state index contributed by atoms with van der Waals surface area (Å²) in [6.45, 7) is 4.86. The van der Waals surface area contributed by atoms with E-state index < -0.39 is 11.7 Å². The number of fused-ring (bicyclic) bond motifs is 2. The number of aliphatic hydroxyl groups excluding tert-OH is 1. The highest BCUT2D eigenvalue weighted by Gasteiger charge is 2.86. The van der Waals surface area contributed by atoms with Gasteiger partial charge in [-0.1, -0.05) is 6.92 Å². The van der Waals surface area contributed by atoms with Crippen molar-refractivity contribution in [2.75, 3.05) is 48.1 Å². The first kappa shape index (κ1) is 22.2. The zero-order chi connectivity index (χ0) is 22.6. The molecule has 32 heavy (non-hydrogen) atoms. The maximum atomic E-state index is 12.6. The van der Waals surface area contributed by atoms with E-state index in [2.05, 4.69) is 11.8 Å². The van der Waals surface area contributed by atoms with Crippen molar-refractivity contribution in [1.29, 1.82) is 0 Å². The Morgan fingerprint density at radius 1 is 1.06 bits per heavy atom. The van der Waals surface area contributed by atoms with Gasteiger partial charge in [-0.05, 0) is 31.7 Å². The van der Waals surface area contributed by atoms with Gasteiger partial charge < -0.3 is 29.2 Å². The van der Waals surface area contributed by atoms with Crippen LogP contribution in [-0.4, -0.2) is 99.3 Å². The minimum atomic E-state index is -0.999. The third-order valence-electron chi connectivity index (χ3n) is 11.4. The zero-order valence-electron chi connectivity index (χ0n) is 20.2. The molecule has 1 saturated heterocycles. The molecule has 5 saturated carbocycles. The fraction of sp³-hybridized carbons (Fsp3) is 1.00. The second-order valence-corrected chi connectivity index (χ2v) is 11.8. The van der Waals surface area contributed by atoms with Crippen LogP contribution in [0.4, 0.5) is 0 Å². The Kier molecular flexibility index (Phi) is 4.94. The van der Waals surface area contributed by atoms with E-state index >= 15 is 0 Å². The standard InChI is InChI=1S/C25H41NO6/c1-6-26-11-23(12-29-2)8-7-16(31-4)25-14-9-13-15(30-3)10-24(28,17(14)19(13)27)18(22(25)26)20(32-5)21(23)25/h13-22,27-28H,6-12H2,1-5H3. The molecule has 6 rings (SSSR count). The molecule has 2 N–H and O–H groups in total. The van der Waals surface area contributed by atoms with Crippen molar-refractivity contribution in [3.05, 3.63) is 0 Å². The first-order chi connectivity index (χ1) is 15.4. The molecule has 0 aromatic carbocycles. The molecule has 6 aliphatic rings. The fourth-order valence-electron chi connectivity index (χ4n) is 11.0. The van der Waals surface area contributed by atoms with Gasteiger partial charge in [-0.3, -0.25) is 4.90 Å². The molecule has 13 unspecified atom stereocenters. The summed E-state index contributed by atoms with van der Waals surface area (Å²) >= 11 is 0. The van der Waals surface area contributed by atoms with Gasteiger partial charge in [0.15, 0.2) is 0 Å². The number of piperidine rings is 1. The number of rotatable bonds is 6. The first-order valence-corrected chi connectivity index (χ1v) is 12.6. The quantitative estimate of drug-likeness (QED) is 0.627. The molecule has 182 valence electrons. The van der Waals surface area contributed by atoms with Gasteiger partial charge in [0.2, 0.25) is 0 Å². The molecule has 0 radical (unpaired) electrons. The van der Waals surface area contributed by atoms with Crippen LogP contribution in [0, 0.1) is 40.4 Å². The van der Waals surface area contributed by atoms with Gasteiger partial charge in [-0.15, -0.1) is 0 Å². The maximum Gasteiger partial charge on any atom is 0.0796 e. The van der Waals surface area contributed by atoms with E-state index in [1.54, 1.807) is 7.11 Å². The van der Waals surface area contributed by atoms with E-state index in [-0.39, 0.29) is 64.8 Å². The lowest BCUT2D eigenvalue weighted by Gasteiger charge is -2.69. The molecule has 1 spiro atoms. The number of aliphatic hydroxyl groups is 2. The minimum Gasteiger partial charge on any atom is -0.392 e. The van der Waals surface area contributed by atoms with Crippen LogP contribution in [0.2, 0.25) is 0 Å². The van der Waals surface area contributed by atoms with Crippen LogP contribution in [-0.2, 0) is 18.9 Å². The van der Waals surface area contributed by atoms with E-state index in [0.717, 1.165) is 32.4 Å². The number of likely N-dealkylation sites (tertiary alicyclic amines) is 1. The molecule has 7 bridgehead atoms. The summed E-state index contributed by atoms with van der Waals surface area (Å²) in [6, 6.07) is 0.186. The normalized spacial score (nSPS) is 60.1. The maximum absolute atomic E-state index is 12.6. The van der Waals surface area contributed by atoms with E-state index in [9.17, 15) is 10.2 Å². The summed E-state index contributed by atoms with van der Waals surface area (Å²) in [5.41, 5.74) is -1.18. The van der Waals surface area contributed by atoms with Crippen molar-refractivity contribution >= 4 is 0 Å². The Hall–Kier alpha value is -0.280. The third kappa shape index (κ3) is 2.19. The number of ether oxygens (including phenoxy) is 4. The highest BCUT2D eigenvalue weighted by atomic mass is 16.5. The lowest BCUT2D eigenvalue weighted by Crippen LogP contribution is -2.76. The summed E-state index contributed by atoms with van der Waals surface area (Å²) in [6.07, 6.45) is 2.89. The van der Waals surface area contributed by atoms with E-state index in [1.165, 1.54) is 0 Å². The van der Waals surface area contributed by atoms with Gasteiger partial charge in [0.25, 0.3) is 0 Å². The van der Waals surface area contributed by atoms with Crippen LogP contribution in [0.5, 0.6) is 0 Å². The smallest absolute Gasteiger partial charge is 0.0796 e. The van der Waals surface area contributed by atoms with Crippen LogP contribution >= 0.6 is 0 Å². The molecule has 5 aliphatic carbocycles. The topological polar surface area (TPSA) is 80.6 Å². The Morgan fingerprint density at radius 3 is 2.47 bits per heavy atom. The molecule has 1 aliphatic heterocycles. The highest BCUT2D eigenvalue weighted by molar-refractivity contribution is 5.35. The fourth-order valence-corrected chi connectivity index (χ4v) is 11.0. The largest absolute Gasteiger partial charge is 0.392 e. The van der Waals surface area contributed by atoms with Crippen molar-refractivity contribution in [3.8, 4) is 0 Å². The number of hydrogen-bond acceptors (Lipinski definition) is 7. The van der Waals surface area contributed by atoms with Crippen molar-refractivity contribution in [3.63, 3.8) is 0 Å². The Morgan fingerprint density at radius 2 is 1.84 bits per heavy atom. The van der Waals surface area contributed by atoms with Gasteiger partial charge in [-0.25, -0.2) is 0 Å². The number of methoxy groups -OCH3 is 4. The van der Waals surface area contributed by atoms with Crippen molar-refractivity contribution in [2.24, 2.45) is 40.4 Å². The summed E-state index contributed by atoms with van der Waals surface area (Å²) in [7, 11) is 7.23. The van der Waals surface area contributed by atoms with Crippen molar-refractivity contribution < 1.29 is 29.2 Å². The van der Waals surface area contributed by atoms with Gasteiger partial charge in [-0.2, -0.15) is 0 Å². The minimum absolute atomic E-state index is 0.0234. The molecule has 7 nitrogen and oxygen atoms in total. The zero-order valence-corrected chi connectivity index (χ0v) is 20.2. The number of hydrogen-bond donors (Lipinski definition) is 2. The summed E-state index contributed by atoms with van der Waals surface area (Å²) in [5.74, 6) is 0.310. The summed E-state index contributed by atoms with van der Waals surface area (Å²) < 4.78 is 24.5. The summed E-state index contributed by atoms with van der Waals surface area (Å²) in [5, 5.41) is 24.1. The molecule has 6 fully saturated rings. The monoisotopic (exact) mass is 451 g/mol. The van der Waals surface area contributed by atoms with Crippen LogP contribution in [0.3, 0.4) is 0 Å². The predicted molar refractivity (Wildman–Crippen MR) is 117 cm³/mol. The van der Waals surface area contributed by atoms with Gasteiger partial charge >= 0.3 is 0 Å². The van der Waals surface area contributed by atoms with Gasteiger partial charge in [0.1, 0.15) is 0 Å². The summed E-state index contributed by atoms with van der Waals surface area (Å²) in [4.78, 5) is 2.62. The first-order valence-electron chi connectivity index (χ1n) is 12.6. The molecule has 13 atom stereocenters. The highest BCUT2D eigenvalue weighted by Crippen LogP contribution is 2.79. The predicted octanol–water partition coefficient (Wildman–Crippen LogP) is 1.16. The molecular weight excluding hydrogens is 410 g/mol. The molecule has 0 aromatic heterocycles. The Labute approximate surface area is 191 Å². The van der Waals surface area contributed by atoms with Gasteiger partial charge in [0, 0.05) is 81.9 Å². The average Bonchev–Trinajstić information content (AvgIpc) is 3.19. The van der Waals surface area contributed by atoms with E-state index in [0.29, 0.717) is 13.0 Å². The second-order valence-electron chi connectivity index (χ2n) is 11.8. The molecular formula is C25H41NO6. The average molecular weight is 452 g/mol.